The summed E-state index contributed by atoms with van der Waals surface area (Å²) < 4.78 is 2.00. The van der Waals surface area contributed by atoms with Crippen molar-refractivity contribution in [2.45, 2.75) is 58.9 Å². The molecule has 1 aromatic carbocycles. The maximum Gasteiger partial charge on any atom is 0.191 e. The van der Waals surface area contributed by atoms with Crippen molar-refractivity contribution in [3.05, 3.63) is 42.0 Å². The third-order valence-corrected chi connectivity index (χ3v) is 6.77. The van der Waals surface area contributed by atoms with Gasteiger partial charge in [0.15, 0.2) is 11.8 Å². The van der Waals surface area contributed by atoms with E-state index in [4.69, 9.17) is 4.99 Å². The predicted molar refractivity (Wildman–Crippen MR) is 128 cm³/mol. The quantitative estimate of drug-likeness (QED) is 0.345. The van der Waals surface area contributed by atoms with Gasteiger partial charge in [-0.2, -0.15) is 0 Å². The lowest BCUT2D eigenvalue weighted by Crippen LogP contribution is -2.43. The normalized spacial score (nSPS) is 15.8. The number of aliphatic imine (C=N–C) groups is 1. The number of guanidine groups is 1. The maximum atomic E-state index is 4.83. The Morgan fingerprint density at radius 2 is 1.90 bits per heavy atom. The van der Waals surface area contributed by atoms with Gasteiger partial charge in [-0.1, -0.05) is 38.0 Å². The summed E-state index contributed by atoms with van der Waals surface area (Å²) in [6.07, 6.45) is 7.58. The highest BCUT2D eigenvalue weighted by atomic mass is 15.3. The molecule has 1 aromatic heterocycles. The molecular formula is C24H39N7. The summed E-state index contributed by atoms with van der Waals surface area (Å²) in [5, 5.41) is 15.6. The lowest BCUT2D eigenvalue weighted by atomic mass is 9.83. The van der Waals surface area contributed by atoms with Crippen LogP contribution in [0.2, 0.25) is 0 Å². The lowest BCUT2D eigenvalue weighted by Gasteiger charge is -2.28. The Hall–Kier alpha value is -2.57. The van der Waals surface area contributed by atoms with Gasteiger partial charge in [-0.3, -0.25) is 0 Å². The Bertz CT molecular complexity index is 822. The molecule has 1 aliphatic rings. The van der Waals surface area contributed by atoms with Crippen molar-refractivity contribution in [3.63, 3.8) is 0 Å². The van der Waals surface area contributed by atoms with Crippen LogP contribution < -0.4 is 15.5 Å². The Morgan fingerprint density at radius 1 is 1.16 bits per heavy atom. The highest BCUT2D eigenvalue weighted by Gasteiger charge is 2.31. The number of anilines is 1. The Balaban J connectivity index is 1.55. The number of nitrogens with zero attached hydrogens (tertiary/aromatic N) is 5. The van der Waals surface area contributed by atoms with E-state index in [0.29, 0.717) is 12.0 Å². The van der Waals surface area contributed by atoms with E-state index >= 15 is 0 Å². The average molecular weight is 426 g/mol. The van der Waals surface area contributed by atoms with Crippen LogP contribution in [0.25, 0.3) is 0 Å². The third kappa shape index (κ3) is 6.45. The number of benzene rings is 1. The fraction of sp³-hybridized carbons (Fsp3) is 0.625. The second-order valence-electron chi connectivity index (χ2n) is 8.84. The maximum absolute atomic E-state index is 4.83. The first-order valence-corrected chi connectivity index (χ1v) is 11.7. The first-order valence-electron chi connectivity index (χ1n) is 11.7. The smallest absolute Gasteiger partial charge is 0.191 e. The van der Waals surface area contributed by atoms with E-state index in [-0.39, 0.29) is 0 Å². The second kappa shape index (κ2) is 11.2. The van der Waals surface area contributed by atoms with Crippen molar-refractivity contribution in [1.82, 2.24) is 25.4 Å². The van der Waals surface area contributed by atoms with Crippen LogP contribution in [0.3, 0.4) is 0 Å². The van der Waals surface area contributed by atoms with Crippen LogP contribution in [0.4, 0.5) is 5.69 Å². The van der Waals surface area contributed by atoms with E-state index in [2.05, 4.69) is 70.0 Å². The molecule has 0 atom stereocenters. The second-order valence-corrected chi connectivity index (χ2v) is 8.84. The summed E-state index contributed by atoms with van der Waals surface area (Å²) in [5.74, 6) is 2.67. The highest BCUT2D eigenvalue weighted by Crippen LogP contribution is 2.40. The molecule has 0 amide bonds. The van der Waals surface area contributed by atoms with Crippen molar-refractivity contribution in [2.24, 2.45) is 17.5 Å². The third-order valence-electron chi connectivity index (χ3n) is 6.77. The van der Waals surface area contributed by atoms with Gasteiger partial charge in [0.1, 0.15) is 12.4 Å². The Kier molecular flexibility index (Phi) is 8.32. The molecule has 170 valence electrons. The van der Waals surface area contributed by atoms with Crippen LogP contribution in [0, 0.1) is 12.3 Å². The molecule has 1 saturated carbocycles. The molecule has 31 heavy (non-hydrogen) atoms. The molecule has 0 radical (unpaired) electrons. The largest absolute Gasteiger partial charge is 0.375 e. The molecule has 0 bridgehead atoms. The van der Waals surface area contributed by atoms with Gasteiger partial charge in [0.05, 0.1) is 0 Å². The van der Waals surface area contributed by atoms with Crippen molar-refractivity contribution in [1.29, 1.82) is 0 Å². The fourth-order valence-electron chi connectivity index (χ4n) is 4.30. The topological polar surface area (TPSA) is 70.4 Å². The Labute approximate surface area is 187 Å². The number of aromatic nitrogens is 3. The summed E-state index contributed by atoms with van der Waals surface area (Å²) >= 11 is 0. The van der Waals surface area contributed by atoms with Crippen LogP contribution in [0.15, 0.2) is 35.3 Å². The van der Waals surface area contributed by atoms with E-state index in [0.717, 1.165) is 43.7 Å². The number of hydrogen-bond donors (Lipinski definition) is 2. The summed E-state index contributed by atoms with van der Waals surface area (Å²) in [4.78, 5) is 7.12. The van der Waals surface area contributed by atoms with Crippen LogP contribution in [0.1, 0.15) is 57.1 Å². The zero-order chi connectivity index (χ0) is 22.1. The number of aryl methyl sites for hydroxylation is 1. The minimum Gasteiger partial charge on any atom is -0.375 e. The zero-order valence-corrected chi connectivity index (χ0v) is 19.7. The van der Waals surface area contributed by atoms with Crippen LogP contribution in [-0.2, 0) is 13.6 Å². The molecular weight excluding hydrogens is 386 g/mol. The summed E-state index contributed by atoms with van der Waals surface area (Å²) in [6.45, 7) is 7.66. The van der Waals surface area contributed by atoms with E-state index in [1.165, 1.54) is 37.8 Å². The summed E-state index contributed by atoms with van der Waals surface area (Å²) in [7, 11) is 4.13. The molecule has 7 nitrogen and oxygen atoms in total. The molecule has 1 fully saturated rings. The number of nitrogens with one attached hydrogen (secondary N) is 2. The van der Waals surface area contributed by atoms with E-state index < -0.39 is 0 Å². The first-order chi connectivity index (χ1) is 15.0. The van der Waals surface area contributed by atoms with Gasteiger partial charge in [0.25, 0.3) is 0 Å². The SMILES string of the molecule is CCC1(CNC(=NCc2nnc(C)n2C)NCCCN(C)c2ccccc2)CCCC1. The van der Waals surface area contributed by atoms with E-state index in [1.54, 1.807) is 0 Å². The van der Waals surface area contributed by atoms with E-state index in [1.807, 2.05) is 18.5 Å². The van der Waals surface area contributed by atoms with Gasteiger partial charge < -0.3 is 20.1 Å². The van der Waals surface area contributed by atoms with Crippen LogP contribution in [-0.4, -0.2) is 47.4 Å². The number of para-hydroxylation sites is 1. The van der Waals surface area contributed by atoms with Crippen LogP contribution >= 0.6 is 0 Å². The van der Waals surface area contributed by atoms with Gasteiger partial charge in [0, 0.05) is 39.4 Å². The fourth-order valence-corrected chi connectivity index (χ4v) is 4.30. The molecule has 1 heterocycles. The highest BCUT2D eigenvalue weighted by molar-refractivity contribution is 5.79. The zero-order valence-electron chi connectivity index (χ0n) is 19.7. The van der Waals surface area contributed by atoms with Gasteiger partial charge >= 0.3 is 0 Å². The monoisotopic (exact) mass is 425 g/mol. The van der Waals surface area contributed by atoms with Gasteiger partial charge in [0.2, 0.25) is 0 Å². The molecule has 0 spiro atoms. The number of rotatable bonds is 10. The van der Waals surface area contributed by atoms with Gasteiger partial charge in [-0.25, -0.2) is 4.99 Å². The molecule has 1 aliphatic carbocycles. The predicted octanol–water partition coefficient (Wildman–Crippen LogP) is 3.66. The van der Waals surface area contributed by atoms with Crippen molar-refractivity contribution < 1.29 is 0 Å². The van der Waals surface area contributed by atoms with Crippen LogP contribution in [0.5, 0.6) is 0 Å². The van der Waals surface area contributed by atoms with Gasteiger partial charge in [-0.15, -0.1) is 10.2 Å². The van der Waals surface area contributed by atoms with Crippen molar-refractivity contribution in [2.75, 3.05) is 31.6 Å². The molecule has 3 rings (SSSR count). The van der Waals surface area contributed by atoms with Crippen molar-refractivity contribution >= 4 is 11.6 Å². The molecule has 2 N–H and O–H groups in total. The molecule has 2 aromatic rings. The standard InChI is InChI=1S/C24H39N7/c1-5-24(14-9-10-15-24)19-27-23(26-18-22-29-28-20(2)31(22)4)25-16-11-17-30(3)21-12-7-6-8-13-21/h6-8,12-13H,5,9-11,14-19H2,1-4H3,(H2,25,26,27). The molecule has 0 unspecified atom stereocenters. The molecule has 0 aliphatic heterocycles. The minimum atomic E-state index is 0.414. The summed E-state index contributed by atoms with van der Waals surface area (Å²) in [5.41, 5.74) is 1.66. The molecule has 0 saturated heterocycles. The lowest BCUT2D eigenvalue weighted by molar-refractivity contribution is 0.283. The number of hydrogen-bond acceptors (Lipinski definition) is 4. The van der Waals surface area contributed by atoms with E-state index in [9.17, 15) is 0 Å². The average Bonchev–Trinajstić information content (AvgIpc) is 3.40. The summed E-state index contributed by atoms with van der Waals surface area (Å²) in [6, 6.07) is 10.5. The van der Waals surface area contributed by atoms with Gasteiger partial charge in [-0.05, 0) is 50.2 Å². The first kappa shape index (κ1) is 23.1. The molecule has 7 heteroatoms. The minimum absolute atomic E-state index is 0.414. The van der Waals surface area contributed by atoms with Crippen molar-refractivity contribution in [3.8, 4) is 0 Å². The Morgan fingerprint density at radius 3 is 2.55 bits per heavy atom.